The first-order valence-electron chi connectivity index (χ1n) is 8.80. The summed E-state index contributed by atoms with van der Waals surface area (Å²) >= 11 is 0. The Bertz CT molecular complexity index is 869. The van der Waals surface area contributed by atoms with Crippen molar-refractivity contribution in [1.29, 1.82) is 0 Å². The second kappa shape index (κ2) is 8.85. The maximum atomic E-state index is 12.7. The van der Waals surface area contributed by atoms with Gasteiger partial charge < -0.3 is 9.64 Å². The molecule has 0 unspecified atom stereocenters. The summed E-state index contributed by atoms with van der Waals surface area (Å²) < 4.78 is 7.33. The molecule has 0 saturated heterocycles. The maximum Gasteiger partial charge on any atom is 0.253 e. The van der Waals surface area contributed by atoms with Gasteiger partial charge in [0.25, 0.3) is 5.91 Å². The molecule has 0 atom stereocenters. The second-order valence-electron chi connectivity index (χ2n) is 6.31. The molecular weight excluding hydrogens is 338 g/mol. The largest absolute Gasteiger partial charge is 0.490 e. The van der Waals surface area contributed by atoms with Crippen LogP contribution in [-0.4, -0.2) is 34.2 Å². The Labute approximate surface area is 159 Å². The van der Waals surface area contributed by atoms with Crippen molar-refractivity contribution in [3.8, 4) is 5.75 Å². The first kappa shape index (κ1) is 18.5. The van der Waals surface area contributed by atoms with E-state index >= 15 is 0 Å². The Morgan fingerprint density at radius 3 is 2.48 bits per heavy atom. The molecule has 138 valence electrons. The number of carbonyl (C=O) groups excluding carboxylic acids is 1. The normalized spacial score (nSPS) is 10.4. The lowest BCUT2D eigenvalue weighted by atomic mass is 10.1. The highest BCUT2D eigenvalue weighted by molar-refractivity contribution is 5.94. The summed E-state index contributed by atoms with van der Waals surface area (Å²) in [5.74, 6) is 0.785. The van der Waals surface area contributed by atoms with Crippen LogP contribution >= 0.6 is 0 Å². The molecular formula is C22H23N3O2. The van der Waals surface area contributed by atoms with Crippen molar-refractivity contribution in [1.82, 2.24) is 14.7 Å². The number of ether oxygens (including phenoxy) is 1. The van der Waals surface area contributed by atoms with Crippen LogP contribution in [0.3, 0.4) is 0 Å². The summed E-state index contributed by atoms with van der Waals surface area (Å²) in [6.45, 7) is 5.34. The minimum absolute atomic E-state index is 0.00683. The fraction of sp³-hybridized carbons (Fsp3) is 0.182. The molecule has 3 rings (SSSR count). The van der Waals surface area contributed by atoms with Gasteiger partial charge in [-0.1, -0.05) is 36.9 Å². The van der Waals surface area contributed by atoms with Gasteiger partial charge in [0.15, 0.2) is 0 Å². The molecule has 0 aliphatic rings. The maximum absolute atomic E-state index is 12.7. The molecule has 1 heterocycles. The molecule has 5 nitrogen and oxygen atoms in total. The Hall–Kier alpha value is -3.34. The van der Waals surface area contributed by atoms with Gasteiger partial charge >= 0.3 is 0 Å². The lowest BCUT2D eigenvalue weighted by Gasteiger charge is -2.18. The van der Waals surface area contributed by atoms with E-state index in [0.29, 0.717) is 25.3 Å². The summed E-state index contributed by atoms with van der Waals surface area (Å²) in [6, 6.07) is 17.3. The van der Waals surface area contributed by atoms with Gasteiger partial charge in [0.05, 0.1) is 6.54 Å². The van der Waals surface area contributed by atoms with E-state index in [4.69, 9.17) is 4.74 Å². The first-order valence-corrected chi connectivity index (χ1v) is 8.80. The minimum Gasteiger partial charge on any atom is -0.490 e. The quantitative estimate of drug-likeness (QED) is 0.574. The van der Waals surface area contributed by atoms with E-state index in [0.717, 1.165) is 16.9 Å². The Kier molecular flexibility index (Phi) is 6.05. The van der Waals surface area contributed by atoms with Crippen molar-refractivity contribution in [3.05, 3.63) is 96.3 Å². The average Bonchev–Trinajstić information content (AvgIpc) is 3.20. The van der Waals surface area contributed by atoms with Crippen molar-refractivity contribution < 1.29 is 9.53 Å². The number of amides is 1. The Morgan fingerprint density at radius 1 is 1.15 bits per heavy atom. The zero-order valence-electron chi connectivity index (χ0n) is 15.4. The van der Waals surface area contributed by atoms with E-state index < -0.39 is 0 Å². The minimum atomic E-state index is -0.00683. The molecule has 2 aromatic carbocycles. The van der Waals surface area contributed by atoms with Crippen LogP contribution in [0.2, 0.25) is 0 Å². The van der Waals surface area contributed by atoms with Gasteiger partial charge in [0.2, 0.25) is 0 Å². The van der Waals surface area contributed by atoms with Crippen LogP contribution in [0.15, 0.2) is 79.6 Å². The highest BCUT2D eigenvalue weighted by Gasteiger charge is 2.12. The number of hydrogen-bond acceptors (Lipinski definition) is 3. The van der Waals surface area contributed by atoms with E-state index in [9.17, 15) is 4.79 Å². The fourth-order valence-corrected chi connectivity index (χ4v) is 2.75. The third-order valence-electron chi connectivity index (χ3n) is 4.16. The zero-order chi connectivity index (χ0) is 19.1. The van der Waals surface area contributed by atoms with Crippen LogP contribution in [0.5, 0.6) is 5.75 Å². The molecule has 0 fully saturated rings. The second-order valence-corrected chi connectivity index (χ2v) is 6.31. The van der Waals surface area contributed by atoms with Gasteiger partial charge in [0.1, 0.15) is 12.4 Å². The van der Waals surface area contributed by atoms with Crippen LogP contribution in [-0.2, 0) is 13.1 Å². The molecule has 3 aromatic rings. The predicted molar refractivity (Wildman–Crippen MR) is 106 cm³/mol. The first-order chi connectivity index (χ1) is 13.2. The van der Waals surface area contributed by atoms with Crippen LogP contribution in [0.4, 0.5) is 0 Å². The predicted octanol–water partition coefficient (Wildman–Crippen LogP) is 3.77. The number of benzene rings is 2. The van der Waals surface area contributed by atoms with Gasteiger partial charge in [-0.2, -0.15) is 5.10 Å². The lowest BCUT2D eigenvalue weighted by molar-refractivity contribution is 0.0785. The van der Waals surface area contributed by atoms with Crippen molar-refractivity contribution in [3.63, 3.8) is 0 Å². The highest BCUT2D eigenvalue weighted by Crippen LogP contribution is 2.15. The van der Waals surface area contributed by atoms with Crippen LogP contribution < -0.4 is 4.74 Å². The van der Waals surface area contributed by atoms with E-state index in [1.165, 1.54) is 0 Å². The highest BCUT2D eigenvalue weighted by atomic mass is 16.5. The summed E-state index contributed by atoms with van der Waals surface area (Å²) in [7, 11) is 1.81. The van der Waals surface area contributed by atoms with E-state index in [1.54, 1.807) is 17.2 Å². The van der Waals surface area contributed by atoms with Crippen molar-refractivity contribution in [2.45, 2.75) is 13.1 Å². The topological polar surface area (TPSA) is 47.4 Å². The summed E-state index contributed by atoms with van der Waals surface area (Å²) in [6.07, 6.45) is 5.38. The average molecular weight is 361 g/mol. The van der Waals surface area contributed by atoms with E-state index in [-0.39, 0.29) is 5.91 Å². The summed E-state index contributed by atoms with van der Waals surface area (Å²) in [5.41, 5.74) is 2.83. The number of aromatic nitrogens is 2. The van der Waals surface area contributed by atoms with Gasteiger partial charge in [0, 0.05) is 31.5 Å². The van der Waals surface area contributed by atoms with Crippen LogP contribution in [0.1, 0.15) is 21.5 Å². The zero-order valence-corrected chi connectivity index (χ0v) is 15.4. The molecule has 0 bridgehead atoms. The van der Waals surface area contributed by atoms with Crippen molar-refractivity contribution in [2.75, 3.05) is 13.7 Å². The lowest BCUT2D eigenvalue weighted by Crippen LogP contribution is -2.26. The Balaban J connectivity index is 1.58. The third kappa shape index (κ3) is 5.07. The molecule has 0 spiro atoms. The molecule has 0 N–H and O–H groups in total. The van der Waals surface area contributed by atoms with Gasteiger partial charge in [-0.05, 0) is 41.5 Å². The van der Waals surface area contributed by atoms with E-state index in [2.05, 4.69) is 11.7 Å². The van der Waals surface area contributed by atoms with Crippen LogP contribution in [0, 0.1) is 0 Å². The van der Waals surface area contributed by atoms with Gasteiger partial charge in [-0.15, -0.1) is 0 Å². The molecule has 0 saturated carbocycles. The standard InChI is InChI=1S/C22H23N3O2/c1-3-15-27-21-11-7-18(8-12-21)16-24(2)22(26)20-9-5-19(6-10-20)17-25-14-4-13-23-25/h3-14H,1,15-17H2,2H3. The monoisotopic (exact) mass is 361 g/mol. The number of nitrogens with zero attached hydrogens (tertiary/aromatic N) is 3. The number of carbonyl (C=O) groups is 1. The molecule has 27 heavy (non-hydrogen) atoms. The molecule has 5 heteroatoms. The van der Waals surface area contributed by atoms with Gasteiger partial charge in [-0.25, -0.2) is 0 Å². The molecule has 0 radical (unpaired) electrons. The molecule has 0 aliphatic heterocycles. The van der Waals surface area contributed by atoms with Crippen molar-refractivity contribution >= 4 is 5.91 Å². The van der Waals surface area contributed by atoms with Crippen LogP contribution in [0.25, 0.3) is 0 Å². The smallest absolute Gasteiger partial charge is 0.253 e. The summed E-state index contributed by atoms with van der Waals surface area (Å²) in [5, 5.41) is 4.19. The molecule has 1 amide bonds. The molecule has 1 aromatic heterocycles. The number of hydrogen-bond donors (Lipinski definition) is 0. The van der Waals surface area contributed by atoms with Gasteiger partial charge in [-0.3, -0.25) is 9.48 Å². The fourth-order valence-electron chi connectivity index (χ4n) is 2.75. The Morgan fingerprint density at radius 2 is 1.85 bits per heavy atom. The number of rotatable bonds is 8. The molecule has 0 aliphatic carbocycles. The van der Waals surface area contributed by atoms with Crippen molar-refractivity contribution in [2.24, 2.45) is 0 Å². The SMILES string of the molecule is C=CCOc1ccc(CN(C)C(=O)c2ccc(Cn3cccn3)cc2)cc1. The van der Waals surface area contributed by atoms with E-state index in [1.807, 2.05) is 72.5 Å². The third-order valence-corrected chi connectivity index (χ3v) is 4.16. The summed E-state index contributed by atoms with van der Waals surface area (Å²) in [4.78, 5) is 14.4.